The monoisotopic (exact) mass is 317 g/mol. The molecule has 0 saturated heterocycles. The number of alkyl carbamates (subject to hydrolysis) is 1. The molecule has 1 spiro atoms. The standard InChI is InChI=1S/C18H23NO4/c20-16(21)14-6-8-18(9-7-14)10-15(11-18)19-17(22)23-12-13-4-2-1-3-5-13/h1-5,14-15H,6-12H2,(H,19,22)(H,20,21). The van der Waals surface area contributed by atoms with Gasteiger partial charge in [-0.3, -0.25) is 4.79 Å². The number of ether oxygens (including phenoxy) is 1. The predicted octanol–water partition coefficient (Wildman–Crippen LogP) is 3.34. The van der Waals surface area contributed by atoms with Gasteiger partial charge in [-0.2, -0.15) is 0 Å². The Labute approximate surface area is 136 Å². The molecule has 2 fully saturated rings. The molecule has 2 N–H and O–H groups in total. The molecule has 3 rings (SSSR count). The molecule has 0 aromatic heterocycles. The summed E-state index contributed by atoms with van der Waals surface area (Å²) in [5.41, 5.74) is 1.23. The van der Waals surface area contributed by atoms with Crippen molar-refractivity contribution in [2.45, 2.75) is 51.2 Å². The normalized spacial score (nSPS) is 29.6. The summed E-state index contributed by atoms with van der Waals surface area (Å²) in [4.78, 5) is 22.8. The molecule has 1 aromatic carbocycles. The van der Waals surface area contributed by atoms with Crippen LogP contribution >= 0.6 is 0 Å². The minimum atomic E-state index is -0.668. The first-order chi connectivity index (χ1) is 11.1. The third-order valence-electron chi connectivity index (χ3n) is 5.29. The van der Waals surface area contributed by atoms with Crippen LogP contribution in [0.4, 0.5) is 4.79 Å². The molecule has 2 aliphatic carbocycles. The second kappa shape index (κ2) is 6.60. The van der Waals surface area contributed by atoms with Gasteiger partial charge in [-0.1, -0.05) is 30.3 Å². The second-order valence-corrected chi connectivity index (χ2v) is 6.92. The summed E-state index contributed by atoms with van der Waals surface area (Å²) in [6.45, 7) is 0.283. The van der Waals surface area contributed by atoms with E-state index in [0.717, 1.165) is 44.1 Å². The number of carboxylic acid groups (broad SMARTS) is 1. The van der Waals surface area contributed by atoms with Gasteiger partial charge in [0.25, 0.3) is 0 Å². The van der Waals surface area contributed by atoms with E-state index in [2.05, 4.69) is 5.32 Å². The minimum absolute atomic E-state index is 0.166. The number of hydrogen-bond donors (Lipinski definition) is 2. The summed E-state index contributed by atoms with van der Waals surface area (Å²) >= 11 is 0. The van der Waals surface area contributed by atoms with Crippen LogP contribution in [-0.4, -0.2) is 23.2 Å². The van der Waals surface area contributed by atoms with Crippen molar-refractivity contribution in [3.63, 3.8) is 0 Å². The fraction of sp³-hybridized carbons (Fsp3) is 0.556. The molecule has 1 aromatic rings. The number of carbonyl (C=O) groups excluding carboxylic acids is 1. The molecule has 2 saturated carbocycles. The summed E-state index contributed by atoms with van der Waals surface area (Å²) in [6, 6.07) is 9.77. The lowest BCUT2D eigenvalue weighted by Crippen LogP contribution is -2.52. The van der Waals surface area contributed by atoms with Crippen LogP contribution in [0.25, 0.3) is 0 Å². The van der Waals surface area contributed by atoms with Crippen molar-refractivity contribution in [1.82, 2.24) is 5.32 Å². The van der Waals surface area contributed by atoms with E-state index < -0.39 is 5.97 Å². The quantitative estimate of drug-likeness (QED) is 0.893. The van der Waals surface area contributed by atoms with Crippen molar-refractivity contribution in [3.05, 3.63) is 35.9 Å². The highest BCUT2D eigenvalue weighted by Crippen LogP contribution is 2.52. The van der Waals surface area contributed by atoms with Crippen LogP contribution in [0.1, 0.15) is 44.1 Å². The molecule has 23 heavy (non-hydrogen) atoms. The molecule has 5 nitrogen and oxygen atoms in total. The van der Waals surface area contributed by atoms with Gasteiger partial charge in [0.1, 0.15) is 6.61 Å². The van der Waals surface area contributed by atoms with Crippen LogP contribution in [0.15, 0.2) is 30.3 Å². The van der Waals surface area contributed by atoms with Gasteiger partial charge in [-0.05, 0) is 49.5 Å². The summed E-state index contributed by atoms with van der Waals surface area (Å²) in [6.07, 6.45) is 4.97. The smallest absolute Gasteiger partial charge is 0.407 e. The number of benzene rings is 1. The second-order valence-electron chi connectivity index (χ2n) is 6.92. The first-order valence-electron chi connectivity index (χ1n) is 8.26. The summed E-state index contributed by atoms with van der Waals surface area (Å²) < 4.78 is 5.23. The molecule has 5 heteroatoms. The van der Waals surface area contributed by atoms with Crippen LogP contribution in [0.2, 0.25) is 0 Å². The lowest BCUT2D eigenvalue weighted by molar-refractivity contribution is -0.144. The van der Waals surface area contributed by atoms with Crippen LogP contribution in [0.5, 0.6) is 0 Å². The Morgan fingerprint density at radius 1 is 1.17 bits per heavy atom. The van der Waals surface area contributed by atoms with Gasteiger partial charge in [0, 0.05) is 6.04 Å². The molecular formula is C18H23NO4. The van der Waals surface area contributed by atoms with Crippen molar-refractivity contribution in [3.8, 4) is 0 Å². The van der Waals surface area contributed by atoms with Gasteiger partial charge in [0.15, 0.2) is 0 Å². The maximum absolute atomic E-state index is 11.8. The highest BCUT2D eigenvalue weighted by atomic mass is 16.5. The van der Waals surface area contributed by atoms with E-state index in [1.807, 2.05) is 30.3 Å². The fourth-order valence-electron chi connectivity index (χ4n) is 3.90. The zero-order chi connectivity index (χ0) is 16.3. The number of aliphatic carboxylic acids is 1. The molecular weight excluding hydrogens is 294 g/mol. The van der Waals surface area contributed by atoms with Crippen LogP contribution < -0.4 is 5.32 Å². The lowest BCUT2D eigenvalue weighted by atomic mass is 9.57. The van der Waals surface area contributed by atoms with Crippen LogP contribution in [-0.2, 0) is 16.1 Å². The van der Waals surface area contributed by atoms with Crippen LogP contribution in [0, 0.1) is 11.3 Å². The molecule has 0 heterocycles. The number of carbonyl (C=O) groups is 2. The Kier molecular flexibility index (Phi) is 4.55. The van der Waals surface area contributed by atoms with Crippen LogP contribution in [0.3, 0.4) is 0 Å². The molecule has 1 amide bonds. The molecule has 0 unspecified atom stereocenters. The topological polar surface area (TPSA) is 75.6 Å². The molecule has 0 bridgehead atoms. The zero-order valence-electron chi connectivity index (χ0n) is 13.2. The van der Waals surface area contributed by atoms with E-state index in [4.69, 9.17) is 9.84 Å². The van der Waals surface area contributed by atoms with E-state index in [-0.39, 0.29) is 30.1 Å². The third-order valence-corrected chi connectivity index (χ3v) is 5.29. The summed E-state index contributed by atoms with van der Waals surface area (Å²) in [7, 11) is 0. The van der Waals surface area contributed by atoms with Crippen molar-refractivity contribution in [2.24, 2.45) is 11.3 Å². The Balaban J connectivity index is 1.37. The van der Waals surface area contributed by atoms with Crippen molar-refractivity contribution >= 4 is 12.1 Å². The Morgan fingerprint density at radius 3 is 2.43 bits per heavy atom. The summed E-state index contributed by atoms with van der Waals surface area (Å²) in [5, 5.41) is 12.0. The van der Waals surface area contributed by atoms with Crippen molar-refractivity contribution < 1.29 is 19.4 Å². The van der Waals surface area contributed by atoms with Crippen molar-refractivity contribution in [1.29, 1.82) is 0 Å². The van der Waals surface area contributed by atoms with E-state index >= 15 is 0 Å². The number of amides is 1. The number of carboxylic acids is 1. The van der Waals surface area contributed by atoms with Gasteiger partial charge in [0.2, 0.25) is 0 Å². The van der Waals surface area contributed by atoms with E-state index in [1.54, 1.807) is 0 Å². The first kappa shape index (κ1) is 15.8. The highest BCUT2D eigenvalue weighted by Gasteiger charge is 2.47. The first-order valence-corrected chi connectivity index (χ1v) is 8.26. The number of nitrogens with one attached hydrogen (secondary N) is 1. The van der Waals surface area contributed by atoms with Crippen molar-refractivity contribution in [2.75, 3.05) is 0 Å². The third kappa shape index (κ3) is 3.84. The molecule has 0 radical (unpaired) electrons. The molecule has 0 aliphatic heterocycles. The average Bonchev–Trinajstić information content (AvgIpc) is 2.53. The zero-order valence-corrected chi connectivity index (χ0v) is 13.2. The van der Waals surface area contributed by atoms with Gasteiger partial charge in [0.05, 0.1) is 5.92 Å². The lowest BCUT2D eigenvalue weighted by Gasteiger charge is -2.51. The highest BCUT2D eigenvalue weighted by molar-refractivity contribution is 5.70. The van der Waals surface area contributed by atoms with Gasteiger partial charge < -0.3 is 15.2 Å². The minimum Gasteiger partial charge on any atom is -0.481 e. The maximum atomic E-state index is 11.8. The van der Waals surface area contributed by atoms with E-state index in [0.29, 0.717) is 0 Å². The fourth-order valence-corrected chi connectivity index (χ4v) is 3.90. The summed E-state index contributed by atoms with van der Waals surface area (Å²) in [5.74, 6) is -0.846. The molecule has 2 aliphatic rings. The maximum Gasteiger partial charge on any atom is 0.407 e. The largest absolute Gasteiger partial charge is 0.481 e. The Hall–Kier alpha value is -2.04. The van der Waals surface area contributed by atoms with Gasteiger partial charge in [-0.25, -0.2) is 4.79 Å². The van der Waals surface area contributed by atoms with E-state index in [9.17, 15) is 9.59 Å². The number of hydrogen-bond acceptors (Lipinski definition) is 3. The SMILES string of the molecule is O=C(NC1CC2(CCC(C(=O)O)CC2)C1)OCc1ccccc1. The molecule has 124 valence electrons. The van der Waals surface area contributed by atoms with E-state index in [1.165, 1.54) is 0 Å². The molecule has 0 atom stereocenters. The Morgan fingerprint density at radius 2 is 1.83 bits per heavy atom. The number of rotatable bonds is 4. The average molecular weight is 317 g/mol. The van der Waals surface area contributed by atoms with Gasteiger partial charge in [-0.15, -0.1) is 0 Å². The Bertz CT molecular complexity index is 556. The van der Waals surface area contributed by atoms with Gasteiger partial charge >= 0.3 is 12.1 Å². The predicted molar refractivity (Wildman–Crippen MR) is 84.8 cm³/mol.